The normalized spacial score (nSPS) is 11.2. The second-order valence-corrected chi connectivity index (χ2v) is 8.43. The number of carbonyl (C=O) groups excluding carboxylic acids is 2. The first kappa shape index (κ1) is 21.6. The maximum atomic E-state index is 12.9. The van der Waals surface area contributed by atoms with Crippen LogP contribution in [-0.4, -0.2) is 17.3 Å². The van der Waals surface area contributed by atoms with Crippen LogP contribution < -0.4 is 10.1 Å². The van der Waals surface area contributed by atoms with Crippen LogP contribution in [0.3, 0.4) is 0 Å². The molecule has 0 spiro atoms. The van der Waals surface area contributed by atoms with E-state index in [9.17, 15) is 9.59 Å². The summed E-state index contributed by atoms with van der Waals surface area (Å²) in [6.07, 6.45) is 0. The summed E-state index contributed by atoms with van der Waals surface area (Å²) in [5.74, 6) is 0.118. The highest BCUT2D eigenvalue weighted by atomic mass is 35.5. The van der Waals surface area contributed by atoms with Crippen LogP contribution in [0.15, 0.2) is 91.0 Å². The molecular weight excluding hydrogens is 422 g/mol. The Balaban J connectivity index is 1.44. The Hall–Kier alpha value is -3.63. The summed E-state index contributed by atoms with van der Waals surface area (Å²) in [6, 6.07) is 27.2. The van der Waals surface area contributed by atoms with Crippen molar-refractivity contribution in [1.82, 2.24) is 0 Å². The van der Waals surface area contributed by atoms with Gasteiger partial charge in [0.2, 0.25) is 0 Å². The van der Waals surface area contributed by atoms with Crippen molar-refractivity contribution in [1.29, 1.82) is 0 Å². The molecule has 0 aliphatic heterocycles. The fourth-order valence-electron chi connectivity index (χ4n) is 3.33. The van der Waals surface area contributed by atoms with Crippen molar-refractivity contribution in [3.8, 4) is 5.75 Å². The second-order valence-electron chi connectivity index (χ2n) is 7.99. The van der Waals surface area contributed by atoms with E-state index in [4.69, 9.17) is 16.3 Å². The van der Waals surface area contributed by atoms with Crippen LogP contribution in [0.1, 0.15) is 29.8 Å². The Morgan fingerprint density at radius 3 is 2.03 bits per heavy atom. The highest BCUT2D eigenvalue weighted by Crippen LogP contribution is 2.24. The molecule has 0 aliphatic carbocycles. The van der Waals surface area contributed by atoms with E-state index in [0.29, 0.717) is 27.6 Å². The van der Waals surface area contributed by atoms with Crippen molar-refractivity contribution in [2.45, 2.75) is 19.4 Å². The number of rotatable bonds is 6. The lowest BCUT2D eigenvalue weighted by molar-refractivity contribution is -0.128. The SMILES string of the molecule is CC(C)(Oc1ccc(C(=O)c2ccc(Cl)cc2)cc1)C(=O)Nc1ccc2ccccc2c1. The van der Waals surface area contributed by atoms with Gasteiger partial charge in [-0.1, -0.05) is 41.9 Å². The summed E-state index contributed by atoms with van der Waals surface area (Å²) < 4.78 is 5.94. The van der Waals surface area contributed by atoms with E-state index in [1.807, 2.05) is 42.5 Å². The lowest BCUT2D eigenvalue weighted by Crippen LogP contribution is -2.42. The van der Waals surface area contributed by atoms with Crippen molar-refractivity contribution >= 4 is 39.8 Å². The van der Waals surface area contributed by atoms with Crippen LogP contribution >= 0.6 is 11.6 Å². The number of halogens is 1. The van der Waals surface area contributed by atoms with Gasteiger partial charge in [-0.3, -0.25) is 9.59 Å². The molecule has 0 aliphatic rings. The number of nitrogens with one attached hydrogen (secondary N) is 1. The van der Waals surface area contributed by atoms with Gasteiger partial charge >= 0.3 is 0 Å². The van der Waals surface area contributed by atoms with Crippen LogP contribution in [-0.2, 0) is 4.79 Å². The number of amides is 1. The Bertz CT molecular complexity index is 1280. The number of ketones is 1. The first-order valence-corrected chi connectivity index (χ1v) is 10.6. The second kappa shape index (κ2) is 8.85. The van der Waals surface area contributed by atoms with E-state index in [-0.39, 0.29) is 11.7 Å². The standard InChI is InChI=1S/C27H22ClNO3/c1-27(2,26(31)29-23-14-9-18-5-3-4-6-21(18)17-23)32-24-15-10-20(11-16-24)25(30)19-7-12-22(28)13-8-19/h3-17H,1-2H3,(H,29,31). The predicted molar refractivity (Wildman–Crippen MR) is 129 cm³/mol. The third kappa shape index (κ3) is 4.82. The minimum absolute atomic E-state index is 0.110. The van der Waals surface area contributed by atoms with Gasteiger partial charge in [0.15, 0.2) is 11.4 Å². The fraction of sp³-hybridized carbons (Fsp3) is 0.111. The molecule has 4 nitrogen and oxygen atoms in total. The summed E-state index contributed by atoms with van der Waals surface area (Å²) in [6.45, 7) is 3.41. The van der Waals surface area contributed by atoms with Crippen molar-refractivity contribution in [3.05, 3.63) is 107 Å². The Morgan fingerprint density at radius 1 is 0.781 bits per heavy atom. The first-order valence-electron chi connectivity index (χ1n) is 10.2. The lowest BCUT2D eigenvalue weighted by Gasteiger charge is -2.25. The zero-order valence-electron chi connectivity index (χ0n) is 17.8. The summed E-state index contributed by atoms with van der Waals surface area (Å²) in [7, 11) is 0. The number of carbonyl (C=O) groups is 2. The van der Waals surface area contributed by atoms with E-state index in [2.05, 4.69) is 5.32 Å². The molecule has 0 radical (unpaired) electrons. The van der Waals surface area contributed by atoms with Crippen molar-refractivity contribution in [2.24, 2.45) is 0 Å². The molecule has 0 unspecified atom stereocenters. The maximum Gasteiger partial charge on any atom is 0.267 e. The minimum Gasteiger partial charge on any atom is -0.478 e. The average Bonchev–Trinajstić information content (AvgIpc) is 2.79. The molecule has 5 heteroatoms. The van der Waals surface area contributed by atoms with Crippen molar-refractivity contribution in [3.63, 3.8) is 0 Å². The molecule has 0 aromatic heterocycles. The van der Waals surface area contributed by atoms with Gasteiger partial charge in [0.1, 0.15) is 5.75 Å². The minimum atomic E-state index is -1.12. The molecule has 0 fully saturated rings. The monoisotopic (exact) mass is 443 g/mol. The number of hydrogen-bond acceptors (Lipinski definition) is 3. The summed E-state index contributed by atoms with van der Waals surface area (Å²) >= 11 is 5.89. The van der Waals surface area contributed by atoms with Gasteiger partial charge < -0.3 is 10.1 Å². The molecule has 1 N–H and O–H groups in total. The Kier molecular flexibility index (Phi) is 5.97. The van der Waals surface area contributed by atoms with E-state index in [0.717, 1.165) is 10.8 Å². The smallest absolute Gasteiger partial charge is 0.267 e. The van der Waals surface area contributed by atoms with E-state index in [1.54, 1.807) is 62.4 Å². The molecule has 0 heterocycles. The number of benzene rings is 4. The molecule has 0 bridgehead atoms. The van der Waals surface area contributed by atoms with Gasteiger partial charge in [-0.25, -0.2) is 0 Å². The van der Waals surface area contributed by atoms with Crippen LogP contribution in [0.4, 0.5) is 5.69 Å². The van der Waals surface area contributed by atoms with Gasteiger partial charge in [0.05, 0.1) is 0 Å². The lowest BCUT2D eigenvalue weighted by atomic mass is 10.0. The highest BCUT2D eigenvalue weighted by molar-refractivity contribution is 6.30. The van der Waals surface area contributed by atoms with E-state index >= 15 is 0 Å². The van der Waals surface area contributed by atoms with Gasteiger partial charge in [-0.15, -0.1) is 0 Å². The quantitative estimate of drug-likeness (QED) is 0.345. The average molecular weight is 444 g/mol. The third-order valence-electron chi connectivity index (χ3n) is 5.15. The van der Waals surface area contributed by atoms with Gasteiger partial charge in [0, 0.05) is 21.8 Å². The van der Waals surface area contributed by atoms with Gasteiger partial charge in [-0.2, -0.15) is 0 Å². The molecule has 4 rings (SSSR count). The van der Waals surface area contributed by atoms with Crippen LogP contribution in [0, 0.1) is 0 Å². The molecule has 0 saturated carbocycles. The van der Waals surface area contributed by atoms with E-state index < -0.39 is 5.60 Å². The predicted octanol–water partition coefficient (Wildman–Crippen LogP) is 6.52. The summed E-state index contributed by atoms with van der Waals surface area (Å²) in [4.78, 5) is 25.5. The fourth-order valence-corrected chi connectivity index (χ4v) is 3.46. The molecule has 0 saturated heterocycles. The largest absolute Gasteiger partial charge is 0.478 e. The Morgan fingerprint density at radius 2 is 1.38 bits per heavy atom. The number of anilines is 1. The highest BCUT2D eigenvalue weighted by Gasteiger charge is 2.30. The van der Waals surface area contributed by atoms with Crippen LogP contribution in [0.5, 0.6) is 5.75 Å². The number of ether oxygens (including phenoxy) is 1. The van der Waals surface area contributed by atoms with E-state index in [1.165, 1.54) is 0 Å². The number of fused-ring (bicyclic) bond motifs is 1. The maximum absolute atomic E-state index is 12.9. The zero-order chi connectivity index (χ0) is 22.7. The Labute approximate surface area is 191 Å². The van der Waals surface area contributed by atoms with Crippen LogP contribution in [0.2, 0.25) is 5.02 Å². The van der Waals surface area contributed by atoms with Gasteiger partial charge in [-0.05, 0) is 85.3 Å². The topological polar surface area (TPSA) is 55.4 Å². The zero-order valence-corrected chi connectivity index (χ0v) is 18.5. The van der Waals surface area contributed by atoms with Gasteiger partial charge in [0.25, 0.3) is 5.91 Å². The summed E-state index contributed by atoms with van der Waals surface area (Å²) in [5, 5.41) is 5.65. The molecular formula is C27H22ClNO3. The van der Waals surface area contributed by atoms with Crippen LogP contribution in [0.25, 0.3) is 10.8 Å². The molecule has 32 heavy (non-hydrogen) atoms. The molecule has 1 amide bonds. The summed E-state index contributed by atoms with van der Waals surface area (Å²) in [5.41, 5.74) is 0.665. The first-order chi connectivity index (χ1) is 15.3. The molecule has 4 aromatic rings. The van der Waals surface area contributed by atoms with Crippen molar-refractivity contribution in [2.75, 3.05) is 5.32 Å². The molecule has 4 aromatic carbocycles. The van der Waals surface area contributed by atoms with Crippen molar-refractivity contribution < 1.29 is 14.3 Å². The third-order valence-corrected chi connectivity index (χ3v) is 5.40. The number of hydrogen-bond donors (Lipinski definition) is 1. The molecule has 160 valence electrons. The molecule has 0 atom stereocenters.